The second-order valence-electron chi connectivity index (χ2n) is 6.61. The van der Waals surface area contributed by atoms with E-state index in [1.807, 2.05) is 31.2 Å². The minimum atomic E-state index is -0.756. The van der Waals surface area contributed by atoms with Crippen molar-refractivity contribution in [2.24, 2.45) is 0 Å². The maximum Gasteiger partial charge on any atom is 0.320 e. The average molecular weight is 418 g/mol. The second kappa shape index (κ2) is 8.23. The zero-order chi connectivity index (χ0) is 18.7. The molecule has 0 spiro atoms. The van der Waals surface area contributed by atoms with Crippen molar-refractivity contribution in [3.63, 3.8) is 0 Å². The van der Waals surface area contributed by atoms with Crippen LogP contribution in [0.5, 0.6) is 5.75 Å². The third kappa shape index (κ3) is 3.79. The van der Waals surface area contributed by atoms with Gasteiger partial charge in [-0.2, -0.15) is 0 Å². The Balaban J connectivity index is 2.18. The number of benzene rings is 2. The molecular weight excluding hydrogens is 394 g/mol. The van der Waals surface area contributed by atoms with E-state index in [1.54, 1.807) is 0 Å². The van der Waals surface area contributed by atoms with Gasteiger partial charge < -0.3 is 9.84 Å². The fourth-order valence-corrected chi connectivity index (χ4v) is 4.18. The topological polar surface area (TPSA) is 49.8 Å². The Labute approximate surface area is 162 Å². The number of halogens is 1. The first-order valence-corrected chi connectivity index (χ1v) is 9.78. The van der Waals surface area contributed by atoms with Crippen LogP contribution in [0.4, 0.5) is 0 Å². The zero-order valence-electron chi connectivity index (χ0n) is 15.1. The molecule has 0 radical (unpaired) electrons. The van der Waals surface area contributed by atoms with Gasteiger partial charge in [0.2, 0.25) is 0 Å². The summed E-state index contributed by atoms with van der Waals surface area (Å²) in [6.07, 6.45) is 1.56. The van der Waals surface area contributed by atoms with Crippen LogP contribution in [0.2, 0.25) is 0 Å². The first-order chi connectivity index (χ1) is 12.5. The maximum atomic E-state index is 11.9. The van der Waals surface area contributed by atoms with Crippen LogP contribution in [-0.2, 0) is 4.79 Å². The molecule has 0 bridgehead atoms. The Hall–Kier alpha value is -1.85. The summed E-state index contributed by atoms with van der Waals surface area (Å²) >= 11 is 3.57. The molecule has 1 saturated heterocycles. The molecule has 138 valence electrons. The van der Waals surface area contributed by atoms with Gasteiger partial charge in [0.05, 0.1) is 12.6 Å². The summed E-state index contributed by atoms with van der Waals surface area (Å²) in [5.74, 6) is 0.0500. The number of ether oxygens (including phenoxy) is 1. The van der Waals surface area contributed by atoms with Gasteiger partial charge in [-0.3, -0.25) is 9.69 Å². The maximum absolute atomic E-state index is 11.9. The van der Waals surface area contributed by atoms with E-state index >= 15 is 0 Å². The summed E-state index contributed by atoms with van der Waals surface area (Å²) in [7, 11) is 0. The number of carboxylic acids is 1. The lowest BCUT2D eigenvalue weighted by Gasteiger charge is -2.34. The van der Waals surface area contributed by atoms with Crippen molar-refractivity contribution >= 4 is 21.9 Å². The Morgan fingerprint density at radius 1 is 1.31 bits per heavy atom. The number of carbonyl (C=O) groups is 1. The van der Waals surface area contributed by atoms with Crippen molar-refractivity contribution in [3.05, 3.63) is 63.6 Å². The molecule has 2 aromatic carbocycles. The van der Waals surface area contributed by atoms with E-state index in [-0.39, 0.29) is 6.04 Å². The fraction of sp³-hybridized carbons (Fsp3) is 0.381. The zero-order valence-corrected chi connectivity index (χ0v) is 16.7. The Morgan fingerprint density at radius 2 is 2.08 bits per heavy atom. The highest BCUT2D eigenvalue weighted by molar-refractivity contribution is 9.10. The average Bonchev–Trinajstić information content (AvgIpc) is 3.09. The summed E-state index contributed by atoms with van der Waals surface area (Å²) in [5.41, 5.74) is 3.28. The predicted octanol–water partition coefficient (Wildman–Crippen LogP) is 4.79. The Bertz CT molecular complexity index is 793. The minimum absolute atomic E-state index is 0.154. The van der Waals surface area contributed by atoms with Gasteiger partial charge in [-0.15, -0.1) is 0 Å². The first-order valence-electron chi connectivity index (χ1n) is 8.99. The number of rotatable bonds is 6. The van der Waals surface area contributed by atoms with Crippen molar-refractivity contribution < 1.29 is 14.6 Å². The molecule has 5 heteroatoms. The summed E-state index contributed by atoms with van der Waals surface area (Å²) < 4.78 is 6.85. The quantitative estimate of drug-likeness (QED) is 0.733. The molecule has 2 aromatic rings. The van der Waals surface area contributed by atoms with E-state index in [2.05, 4.69) is 46.0 Å². The van der Waals surface area contributed by atoms with Crippen LogP contribution in [0.15, 0.2) is 46.9 Å². The van der Waals surface area contributed by atoms with Crippen LogP contribution in [-0.4, -0.2) is 35.2 Å². The van der Waals surface area contributed by atoms with Crippen molar-refractivity contribution in [1.29, 1.82) is 0 Å². The number of aryl methyl sites for hydroxylation is 1. The van der Waals surface area contributed by atoms with Crippen molar-refractivity contribution in [3.8, 4) is 5.75 Å². The smallest absolute Gasteiger partial charge is 0.320 e. The summed E-state index contributed by atoms with van der Waals surface area (Å²) in [6.45, 7) is 5.36. The molecule has 1 heterocycles. The van der Waals surface area contributed by atoms with Crippen LogP contribution >= 0.6 is 15.9 Å². The van der Waals surface area contributed by atoms with Gasteiger partial charge in [0, 0.05) is 16.6 Å². The summed E-state index contributed by atoms with van der Waals surface area (Å²) in [4.78, 5) is 14.0. The molecule has 2 atom stereocenters. The highest BCUT2D eigenvalue weighted by Gasteiger charge is 2.38. The van der Waals surface area contributed by atoms with Gasteiger partial charge in [-0.05, 0) is 56.0 Å². The third-order valence-corrected chi connectivity index (χ3v) is 5.45. The van der Waals surface area contributed by atoms with Crippen molar-refractivity contribution in [2.45, 2.75) is 38.8 Å². The second-order valence-corrected chi connectivity index (χ2v) is 7.52. The third-order valence-electron chi connectivity index (χ3n) is 4.96. The normalized spacial score (nSPS) is 18.7. The van der Waals surface area contributed by atoms with Gasteiger partial charge in [0.25, 0.3) is 0 Å². The molecule has 26 heavy (non-hydrogen) atoms. The summed E-state index contributed by atoms with van der Waals surface area (Å²) in [6, 6.07) is 13.5. The van der Waals surface area contributed by atoms with E-state index in [9.17, 15) is 9.90 Å². The minimum Gasteiger partial charge on any atom is -0.494 e. The number of aliphatic carboxylic acids is 1. The van der Waals surface area contributed by atoms with Crippen LogP contribution in [0, 0.1) is 6.92 Å². The molecule has 2 unspecified atom stereocenters. The van der Waals surface area contributed by atoms with E-state index in [4.69, 9.17) is 4.74 Å². The van der Waals surface area contributed by atoms with Crippen LogP contribution in [0.25, 0.3) is 0 Å². The lowest BCUT2D eigenvalue weighted by atomic mass is 9.92. The van der Waals surface area contributed by atoms with Crippen molar-refractivity contribution in [1.82, 2.24) is 4.90 Å². The molecule has 1 N–H and O–H groups in total. The van der Waals surface area contributed by atoms with Gasteiger partial charge in [-0.1, -0.05) is 40.2 Å². The molecule has 1 fully saturated rings. The number of nitrogens with zero attached hydrogens (tertiary/aromatic N) is 1. The highest BCUT2D eigenvalue weighted by Crippen LogP contribution is 2.41. The molecule has 0 amide bonds. The standard InChI is InChI=1S/C21H24BrNO3/c1-3-26-19-11-10-15(22)13-17(19)20(16-8-5-4-7-14(16)2)23-12-6-9-18(23)21(24)25/h4-5,7-8,10-11,13,18,20H,3,6,9,12H2,1-2H3,(H,24,25). The molecule has 4 nitrogen and oxygen atoms in total. The monoisotopic (exact) mass is 417 g/mol. The van der Waals surface area contributed by atoms with Crippen molar-refractivity contribution in [2.75, 3.05) is 13.2 Å². The molecule has 1 aliphatic rings. The molecular formula is C21H24BrNO3. The lowest BCUT2D eigenvalue weighted by molar-refractivity contribution is -0.142. The SMILES string of the molecule is CCOc1ccc(Br)cc1C(c1ccccc1C)N1CCCC1C(=O)O. The first kappa shape index (κ1) is 18.9. The van der Waals surface area contributed by atoms with Gasteiger partial charge >= 0.3 is 5.97 Å². The largest absolute Gasteiger partial charge is 0.494 e. The van der Waals surface area contributed by atoms with E-state index < -0.39 is 12.0 Å². The number of hydrogen-bond donors (Lipinski definition) is 1. The lowest BCUT2D eigenvalue weighted by Crippen LogP contribution is -2.39. The van der Waals surface area contributed by atoms with E-state index in [1.165, 1.54) is 0 Å². The highest BCUT2D eigenvalue weighted by atomic mass is 79.9. The Morgan fingerprint density at radius 3 is 2.77 bits per heavy atom. The van der Waals surface area contributed by atoms with Gasteiger partial charge in [0.15, 0.2) is 0 Å². The van der Waals surface area contributed by atoms with E-state index in [0.29, 0.717) is 13.0 Å². The molecule has 1 aliphatic heterocycles. The molecule has 3 rings (SSSR count). The van der Waals surface area contributed by atoms with Crippen LogP contribution < -0.4 is 4.74 Å². The van der Waals surface area contributed by atoms with Gasteiger partial charge in [-0.25, -0.2) is 0 Å². The summed E-state index contributed by atoms with van der Waals surface area (Å²) in [5, 5.41) is 9.74. The molecule has 0 aliphatic carbocycles. The van der Waals surface area contributed by atoms with E-state index in [0.717, 1.165) is 39.9 Å². The molecule has 0 aromatic heterocycles. The number of carboxylic acid groups (broad SMARTS) is 1. The molecule has 0 saturated carbocycles. The fourth-order valence-electron chi connectivity index (χ4n) is 3.80. The number of hydrogen-bond acceptors (Lipinski definition) is 3. The van der Waals surface area contributed by atoms with Crippen LogP contribution in [0.3, 0.4) is 0 Å². The Kier molecular flexibility index (Phi) is 5.99. The number of likely N-dealkylation sites (tertiary alicyclic amines) is 1. The predicted molar refractivity (Wildman–Crippen MR) is 106 cm³/mol. The van der Waals surface area contributed by atoms with Crippen LogP contribution in [0.1, 0.15) is 42.5 Å². The van der Waals surface area contributed by atoms with Gasteiger partial charge in [0.1, 0.15) is 11.8 Å².